The molecular formula is C21H31ClN4O2. The molecule has 1 saturated heterocycles. The van der Waals surface area contributed by atoms with Gasteiger partial charge in [0.2, 0.25) is 5.91 Å². The van der Waals surface area contributed by atoms with Gasteiger partial charge in [0.25, 0.3) is 0 Å². The number of ether oxygens (including phenoxy) is 1. The minimum absolute atomic E-state index is 0. The van der Waals surface area contributed by atoms with Crippen molar-refractivity contribution in [1.29, 1.82) is 0 Å². The standard InChI is InChI=1S/C21H30N4O2.ClH/c1-15-7-5-6-8-19(15)25-17(3)18(16(2)23-25)13-24(4)20(26)21(14-22)9-11-27-12-10-21;/h5-8H,9-14,22H2,1-4H3;1H. The van der Waals surface area contributed by atoms with Gasteiger partial charge in [-0.2, -0.15) is 5.10 Å². The van der Waals surface area contributed by atoms with Crippen LogP contribution in [0, 0.1) is 26.2 Å². The monoisotopic (exact) mass is 406 g/mol. The van der Waals surface area contributed by atoms with E-state index in [0.29, 0.717) is 39.1 Å². The molecule has 3 rings (SSSR count). The van der Waals surface area contributed by atoms with Crippen LogP contribution in [0.5, 0.6) is 0 Å². The van der Waals surface area contributed by atoms with E-state index in [-0.39, 0.29) is 18.3 Å². The number of nitrogens with two attached hydrogens (primary N) is 1. The van der Waals surface area contributed by atoms with Crippen molar-refractivity contribution in [3.05, 3.63) is 46.8 Å². The highest BCUT2D eigenvalue weighted by molar-refractivity contribution is 5.85. The van der Waals surface area contributed by atoms with Crippen molar-refractivity contribution in [2.75, 3.05) is 26.8 Å². The molecule has 2 heterocycles. The third kappa shape index (κ3) is 4.09. The van der Waals surface area contributed by atoms with Gasteiger partial charge >= 0.3 is 0 Å². The average Bonchev–Trinajstić information content (AvgIpc) is 2.96. The lowest BCUT2D eigenvalue weighted by atomic mass is 9.79. The van der Waals surface area contributed by atoms with Crippen LogP contribution < -0.4 is 5.73 Å². The summed E-state index contributed by atoms with van der Waals surface area (Å²) >= 11 is 0. The maximum absolute atomic E-state index is 13.2. The lowest BCUT2D eigenvalue weighted by Crippen LogP contribution is -2.49. The Labute approximate surface area is 173 Å². The van der Waals surface area contributed by atoms with Crippen LogP contribution >= 0.6 is 12.4 Å². The Bertz CT molecular complexity index is 828. The van der Waals surface area contributed by atoms with Gasteiger partial charge in [0.15, 0.2) is 0 Å². The van der Waals surface area contributed by atoms with E-state index >= 15 is 0 Å². The second-order valence-corrected chi connectivity index (χ2v) is 7.61. The molecule has 0 atom stereocenters. The molecule has 2 aromatic rings. The number of amides is 1. The van der Waals surface area contributed by atoms with E-state index in [4.69, 9.17) is 15.6 Å². The number of carbonyl (C=O) groups is 1. The first-order chi connectivity index (χ1) is 12.9. The zero-order valence-corrected chi connectivity index (χ0v) is 18.0. The zero-order valence-electron chi connectivity index (χ0n) is 17.2. The predicted octanol–water partition coefficient (Wildman–Crippen LogP) is 2.93. The summed E-state index contributed by atoms with van der Waals surface area (Å²) in [5.74, 6) is 0.107. The molecule has 1 aliphatic heterocycles. The number of hydrogen-bond donors (Lipinski definition) is 1. The van der Waals surface area contributed by atoms with Gasteiger partial charge in [-0.1, -0.05) is 18.2 Å². The first-order valence-corrected chi connectivity index (χ1v) is 9.54. The van der Waals surface area contributed by atoms with E-state index in [1.807, 2.05) is 30.8 Å². The molecule has 0 bridgehead atoms. The lowest BCUT2D eigenvalue weighted by molar-refractivity contribution is -0.146. The summed E-state index contributed by atoms with van der Waals surface area (Å²) in [5.41, 5.74) is 10.9. The quantitative estimate of drug-likeness (QED) is 0.828. The highest BCUT2D eigenvalue weighted by atomic mass is 35.5. The third-order valence-corrected chi connectivity index (χ3v) is 5.82. The van der Waals surface area contributed by atoms with Gasteiger partial charge in [-0.05, 0) is 45.2 Å². The van der Waals surface area contributed by atoms with Crippen molar-refractivity contribution < 1.29 is 9.53 Å². The fourth-order valence-electron chi connectivity index (χ4n) is 3.92. The minimum atomic E-state index is -0.499. The van der Waals surface area contributed by atoms with Gasteiger partial charge in [0, 0.05) is 44.6 Å². The number of carbonyl (C=O) groups excluding carboxylic acids is 1. The van der Waals surface area contributed by atoms with E-state index < -0.39 is 5.41 Å². The molecule has 0 unspecified atom stereocenters. The molecule has 0 spiro atoms. The molecule has 0 radical (unpaired) electrons. The van der Waals surface area contributed by atoms with Crippen molar-refractivity contribution in [3.8, 4) is 5.69 Å². The Hall–Kier alpha value is -1.89. The van der Waals surface area contributed by atoms with Crippen LogP contribution in [0.3, 0.4) is 0 Å². The van der Waals surface area contributed by atoms with Gasteiger partial charge < -0.3 is 15.4 Å². The van der Waals surface area contributed by atoms with E-state index in [9.17, 15) is 4.79 Å². The molecule has 1 aromatic heterocycles. The van der Waals surface area contributed by atoms with Crippen molar-refractivity contribution in [2.45, 2.75) is 40.2 Å². The summed E-state index contributed by atoms with van der Waals surface area (Å²) in [6.45, 7) is 8.23. The number of benzene rings is 1. The van der Waals surface area contributed by atoms with Crippen LogP contribution in [0.2, 0.25) is 0 Å². The maximum atomic E-state index is 13.2. The summed E-state index contributed by atoms with van der Waals surface area (Å²) in [4.78, 5) is 15.0. The van der Waals surface area contributed by atoms with Crippen LogP contribution in [-0.4, -0.2) is 47.4 Å². The molecule has 1 aliphatic rings. The lowest BCUT2D eigenvalue weighted by Gasteiger charge is -2.37. The molecule has 7 heteroatoms. The van der Waals surface area contributed by atoms with E-state index in [0.717, 1.165) is 22.6 Å². The van der Waals surface area contributed by atoms with Gasteiger partial charge in [-0.25, -0.2) is 4.68 Å². The topological polar surface area (TPSA) is 73.4 Å². The van der Waals surface area contributed by atoms with Crippen LogP contribution in [0.4, 0.5) is 0 Å². The molecule has 0 saturated carbocycles. The van der Waals surface area contributed by atoms with Gasteiger partial charge in [0.1, 0.15) is 0 Å². The molecule has 1 fully saturated rings. The second-order valence-electron chi connectivity index (χ2n) is 7.61. The van der Waals surface area contributed by atoms with Gasteiger partial charge in [0.05, 0.1) is 16.8 Å². The van der Waals surface area contributed by atoms with E-state index in [2.05, 4.69) is 26.0 Å². The number of aryl methyl sites for hydroxylation is 2. The second kappa shape index (κ2) is 9.07. The van der Waals surface area contributed by atoms with Gasteiger partial charge in [-0.15, -0.1) is 12.4 Å². The van der Waals surface area contributed by atoms with E-state index in [1.54, 1.807) is 4.90 Å². The largest absolute Gasteiger partial charge is 0.381 e. The third-order valence-electron chi connectivity index (χ3n) is 5.82. The van der Waals surface area contributed by atoms with Crippen LogP contribution in [0.25, 0.3) is 5.69 Å². The van der Waals surface area contributed by atoms with Crippen LogP contribution in [0.15, 0.2) is 24.3 Å². The van der Waals surface area contributed by atoms with Crippen LogP contribution in [0.1, 0.15) is 35.4 Å². The number of hydrogen-bond acceptors (Lipinski definition) is 4. The average molecular weight is 407 g/mol. The van der Waals surface area contributed by atoms with Gasteiger partial charge in [-0.3, -0.25) is 4.79 Å². The Morgan fingerprint density at radius 3 is 2.50 bits per heavy atom. The summed E-state index contributed by atoms with van der Waals surface area (Å²) in [7, 11) is 1.86. The smallest absolute Gasteiger partial charge is 0.230 e. The molecule has 0 aliphatic carbocycles. The molecule has 154 valence electrons. The van der Waals surface area contributed by atoms with Crippen LogP contribution in [-0.2, 0) is 16.1 Å². The molecule has 2 N–H and O–H groups in total. The van der Waals surface area contributed by atoms with E-state index in [1.165, 1.54) is 5.56 Å². The van der Waals surface area contributed by atoms with Crippen molar-refractivity contribution in [2.24, 2.45) is 11.1 Å². The summed E-state index contributed by atoms with van der Waals surface area (Å²) < 4.78 is 7.41. The number of rotatable bonds is 5. The Morgan fingerprint density at radius 2 is 1.89 bits per heavy atom. The minimum Gasteiger partial charge on any atom is -0.381 e. The molecule has 1 amide bonds. The molecular weight excluding hydrogens is 376 g/mol. The highest BCUT2D eigenvalue weighted by Gasteiger charge is 2.40. The fourth-order valence-corrected chi connectivity index (χ4v) is 3.92. The molecule has 1 aromatic carbocycles. The maximum Gasteiger partial charge on any atom is 0.230 e. The number of halogens is 1. The first-order valence-electron chi connectivity index (χ1n) is 9.54. The summed E-state index contributed by atoms with van der Waals surface area (Å²) in [6, 6.07) is 8.19. The highest BCUT2D eigenvalue weighted by Crippen LogP contribution is 2.32. The predicted molar refractivity (Wildman–Crippen MR) is 113 cm³/mol. The Balaban J connectivity index is 0.00000280. The number of para-hydroxylation sites is 1. The Morgan fingerprint density at radius 1 is 1.25 bits per heavy atom. The fraction of sp³-hybridized carbons (Fsp3) is 0.524. The molecule has 28 heavy (non-hydrogen) atoms. The number of aromatic nitrogens is 2. The Kier molecular flexibility index (Phi) is 7.26. The SMILES string of the molecule is Cc1ccccc1-n1nc(C)c(CN(C)C(=O)C2(CN)CCOCC2)c1C.Cl. The zero-order chi connectivity index (χ0) is 19.6. The number of nitrogens with zero attached hydrogens (tertiary/aromatic N) is 3. The molecule has 6 nitrogen and oxygen atoms in total. The normalized spacial score (nSPS) is 15.8. The van der Waals surface area contributed by atoms with Crippen molar-refractivity contribution in [1.82, 2.24) is 14.7 Å². The first kappa shape index (κ1) is 22.4. The summed E-state index contributed by atoms with van der Waals surface area (Å²) in [6.07, 6.45) is 1.38. The van der Waals surface area contributed by atoms with Crippen molar-refractivity contribution in [3.63, 3.8) is 0 Å². The van der Waals surface area contributed by atoms with Crippen molar-refractivity contribution >= 4 is 18.3 Å². The summed E-state index contributed by atoms with van der Waals surface area (Å²) in [5, 5.41) is 4.74.